The van der Waals surface area contributed by atoms with Gasteiger partial charge in [0, 0.05) is 44.0 Å². The number of carbonyl (C=O) groups excluding carboxylic acids is 2. The van der Waals surface area contributed by atoms with Gasteiger partial charge in [0.15, 0.2) is 0 Å². The molecule has 0 bridgehead atoms. The predicted octanol–water partition coefficient (Wildman–Crippen LogP) is 3.33. The summed E-state index contributed by atoms with van der Waals surface area (Å²) in [6.07, 6.45) is 0. The smallest absolute Gasteiger partial charge is 0.251 e. The molecule has 2 aliphatic heterocycles. The van der Waals surface area contributed by atoms with Gasteiger partial charge in [-0.25, -0.2) is 4.39 Å². The topological polar surface area (TPSA) is 67.9 Å². The van der Waals surface area contributed by atoms with Gasteiger partial charge in [0.2, 0.25) is 0 Å². The maximum absolute atomic E-state index is 14.1. The average molecular weight is 488 g/mol. The van der Waals surface area contributed by atoms with Crippen molar-refractivity contribution < 1.29 is 14.0 Å². The lowest BCUT2D eigenvalue weighted by Gasteiger charge is -2.34. The summed E-state index contributed by atoms with van der Waals surface area (Å²) >= 11 is 0. The first-order valence-corrected chi connectivity index (χ1v) is 12.2. The number of benzene rings is 3. The minimum absolute atomic E-state index is 0.202. The second kappa shape index (κ2) is 10.4. The lowest BCUT2D eigenvalue weighted by Crippen LogP contribution is -2.50. The molecule has 7 nitrogen and oxygen atoms in total. The summed E-state index contributed by atoms with van der Waals surface area (Å²) in [5.41, 5.74) is 3.58. The molecule has 0 aliphatic carbocycles. The van der Waals surface area contributed by atoms with Gasteiger partial charge in [-0.1, -0.05) is 30.3 Å². The largest absolute Gasteiger partial charge is 0.381 e. The van der Waals surface area contributed by atoms with Gasteiger partial charge in [0.1, 0.15) is 11.9 Å². The van der Waals surface area contributed by atoms with Crippen molar-refractivity contribution in [2.24, 2.45) is 0 Å². The summed E-state index contributed by atoms with van der Waals surface area (Å²) in [5, 5.41) is 6.09. The molecule has 36 heavy (non-hydrogen) atoms. The Kier molecular flexibility index (Phi) is 6.86. The number of carbonyl (C=O) groups is 2. The fraction of sp³-hybridized carbons (Fsp3) is 0.286. The van der Waals surface area contributed by atoms with E-state index in [9.17, 15) is 14.0 Å². The van der Waals surface area contributed by atoms with Crippen LogP contribution < -0.4 is 20.4 Å². The average Bonchev–Trinajstić information content (AvgIpc) is 3.02. The normalized spacial score (nSPS) is 18.3. The Hall–Kier alpha value is -3.91. The molecule has 3 aromatic carbocycles. The summed E-state index contributed by atoms with van der Waals surface area (Å²) in [7, 11) is 2.12. The van der Waals surface area contributed by atoms with Crippen LogP contribution in [0, 0.1) is 5.82 Å². The predicted molar refractivity (Wildman–Crippen MR) is 140 cm³/mol. The number of nitrogens with zero attached hydrogens (tertiary/aromatic N) is 3. The van der Waals surface area contributed by atoms with E-state index >= 15 is 0 Å². The highest BCUT2D eigenvalue weighted by molar-refractivity contribution is 6.05. The number of rotatable bonds is 5. The van der Waals surface area contributed by atoms with E-state index in [4.69, 9.17) is 0 Å². The van der Waals surface area contributed by atoms with Crippen LogP contribution in [0.5, 0.6) is 0 Å². The third-order valence-corrected chi connectivity index (χ3v) is 6.80. The second-order valence-electron chi connectivity index (χ2n) is 9.32. The molecule has 2 aliphatic rings. The van der Waals surface area contributed by atoms with Gasteiger partial charge < -0.3 is 25.3 Å². The molecule has 1 saturated heterocycles. The first-order valence-electron chi connectivity index (χ1n) is 12.2. The van der Waals surface area contributed by atoms with Gasteiger partial charge in [-0.3, -0.25) is 9.59 Å². The Morgan fingerprint density at radius 3 is 2.44 bits per heavy atom. The van der Waals surface area contributed by atoms with Crippen molar-refractivity contribution in [3.05, 3.63) is 89.7 Å². The van der Waals surface area contributed by atoms with Crippen molar-refractivity contribution in [3.63, 3.8) is 0 Å². The number of likely N-dealkylation sites (N-methyl/N-ethyl adjacent to an activating group) is 1. The number of hydrogen-bond acceptors (Lipinski definition) is 5. The van der Waals surface area contributed by atoms with Crippen molar-refractivity contribution >= 4 is 28.9 Å². The molecule has 0 radical (unpaired) electrons. The van der Waals surface area contributed by atoms with E-state index in [0.717, 1.165) is 37.4 Å². The summed E-state index contributed by atoms with van der Waals surface area (Å²) < 4.78 is 14.1. The molecule has 2 heterocycles. The Morgan fingerprint density at radius 2 is 1.72 bits per heavy atom. The number of amides is 2. The Balaban J connectivity index is 1.33. The van der Waals surface area contributed by atoms with E-state index in [2.05, 4.69) is 27.5 Å². The van der Waals surface area contributed by atoms with E-state index in [1.165, 1.54) is 17.0 Å². The third kappa shape index (κ3) is 5.18. The standard InChI is InChI=1S/C28H30FN5O2/c1-32-13-15-33(16-14-32)23-10-7-21(8-11-23)27(35)31-25-18-30-24-12-9-22(29)17-26(24)34(28(25)36)19-20-5-3-2-4-6-20/h2-12,17,25,30H,13-16,18-19H2,1H3,(H,31,35)/t25-/m0/s1. The number of nitrogens with one attached hydrogen (secondary N) is 2. The van der Waals surface area contributed by atoms with Crippen LogP contribution in [0.4, 0.5) is 21.5 Å². The number of halogens is 1. The van der Waals surface area contributed by atoms with Crippen molar-refractivity contribution in [1.82, 2.24) is 10.2 Å². The van der Waals surface area contributed by atoms with Gasteiger partial charge in [-0.2, -0.15) is 0 Å². The lowest BCUT2D eigenvalue weighted by atomic mass is 10.1. The Bertz CT molecular complexity index is 1230. The molecule has 8 heteroatoms. The van der Waals surface area contributed by atoms with Crippen LogP contribution in [0.1, 0.15) is 15.9 Å². The molecule has 2 N–H and O–H groups in total. The van der Waals surface area contributed by atoms with E-state index in [1.807, 2.05) is 42.5 Å². The quantitative estimate of drug-likeness (QED) is 0.578. The van der Waals surface area contributed by atoms with Crippen LogP contribution >= 0.6 is 0 Å². The molecular weight excluding hydrogens is 457 g/mol. The zero-order valence-electron chi connectivity index (χ0n) is 20.3. The van der Waals surface area contributed by atoms with Crippen LogP contribution in [0.2, 0.25) is 0 Å². The van der Waals surface area contributed by atoms with Crippen molar-refractivity contribution in [1.29, 1.82) is 0 Å². The molecular formula is C28H30FN5O2. The molecule has 0 spiro atoms. The van der Waals surface area contributed by atoms with Crippen molar-refractivity contribution in [2.75, 3.05) is 54.9 Å². The third-order valence-electron chi connectivity index (χ3n) is 6.80. The fourth-order valence-electron chi connectivity index (χ4n) is 4.66. The fourth-order valence-corrected chi connectivity index (χ4v) is 4.66. The lowest BCUT2D eigenvalue weighted by molar-refractivity contribution is -0.120. The van der Waals surface area contributed by atoms with E-state index in [0.29, 0.717) is 16.9 Å². The van der Waals surface area contributed by atoms with E-state index in [1.54, 1.807) is 18.2 Å². The minimum Gasteiger partial charge on any atom is -0.381 e. The molecule has 1 atom stereocenters. The summed E-state index contributed by atoms with van der Waals surface area (Å²) in [6.45, 7) is 4.37. The first-order chi connectivity index (χ1) is 17.5. The Labute approximate surface area is 210 Å². The maximum Gasteiger partial charge on any atom is 0.251 e. The molecule has 2 amide bonds. The summed E-state index contributed by atoms with van der Waals surface area (Å²) in [6, 6.07) is 20.5. The Morgan fingerprint density at radius 1 is 1.00 bits per heavy atom. The van der Waals surface area contributed by atoms with Crippen LogP contribution in [0.15, 0.2) is 72.8 Å². The molecule has 0 unspecified atom stereocenters. The van der Waals surface area contributed by atoms with E-state index in [-0.39, 0.29) is 24.9 Å². The van der Waals surface area contributed by atoms with Gasteiger partial charge in [0.25, 0.3) is 11.8 Å². The van der Waals surface area contributed by atoms with Gasteiger partial charge in [0.05, 0.1) is 17.9 Å². The number of hydrogen-bond donors (Lipinski definition) is 2. The monoisotopic (exact) mass is 487 g/mol. The van der Waals surface area contributed by atoms with Crippen LogP contribution in [0.25, 0.3) is 0 Å². The highest BCUT2D eigenvalue weighted by Gasteiger charge is 2.32. The van der Waals surface area contributed by atoms with Crippen molar-refractivity contribution in [2.45, 2.75) is 12.6 Å². The minimum atomic E-state index is -0.811. The number of piperazine rings is 1. The first kappa shape index (κ1) is 23.8. The molecule has 5 rings (SSSR count). The summed E-state index contributed by atoms with van der Waals surface area (Å²) in [5.74, 6) is -1.04. The molecule has 186 valence electrons. The highest BCUT2D eigenvalue weighted by Crippen LogP contribution is 2.31. The highest BCUT2D eigenvalue weighted by atomic mass is 19.1. The van der Waals surface area contributed by atoms with Gasteiger partial charge >= 0.3 is 0 Å². The van der Waals surface area contributed by atoms with Gasteiger partial charge in [-0.15, -0.1) is 0 Å². The molecule has 1 fully saturated rings. The van der Waals surface area contributed by atoms with Crippen molar-refractivity contribution in [3.8, 4) is 0 Å². The zero-order valence-corrected chi connectivity index (χ0v) is 20.3. The SMILES string of the molecule is CN1CCN(c2ccc(C(=O)N[C@H]3CNc4ccc(F)cc4N(Cc4ccccc4)C3=O)cc2)CC1. The molecule has 0 saturated carbocycles. The molecule has 3 aromatic rings. The number of anilines is 3. The van der Waals surface area contributed by atoms with Crippen LogP contribution in [-0.2, 0) is 11.3 Å². The maximum atomic E-state index is 14.1. The number of fused-ring (bicyclic) bond motifs is 1. The summed E-state index contributed by atoms with van der Waals surface area (Å²) in [4.78, 5) is 32.9. The molecule has 0 aromatic heterocycles. The second-order valence-corrected chi connectivity index (χ2v) is 9.32. The van der Waals surface area contributed by atoms with E-state index < -0.39 is 11.9 Å². The zero-order chi connectivity index (χ0) is 25.1. The van der Waals surface area contributed by atoms with Gasteiger partial charge in [-0.05, 0) is 55.1 Å². The van der Waals surface area contributed by atoms with Crippen LogP contribution in [0.3, 0.4) is 0 Å². The van der Waals surface area contributed by atoms with Crippen LogP contribution in [-0.4, -0.2) is 62.5 Å².